The maximum absolute atomic E-state index is 12.5. The number of amides is 1. The number of nitrogens with zero attached hydrogens (tertiary/aromatic N) is 2. The van der Waals surface area contributed by atoms with E-state index >= 15 is 0 Å². The Morgan fingerprint density at radius 2 is 1.68 bits per heavy atom. The van der Waals surface area contributed by atoms with Crippen molar-refractivity contribution in [2.75, 3.05) is 11.9 Å². The van der Waals surface area contributed by atoms with Crippen molar-refractivity contribution < 1.29 is 24.2 Å². The number of hydrogen-bond acceptors (Lipinski definition) is 6. The second-order valence-electron chi connectivity index (χ2n) is 8.23. The number of carbonyl (C=O) groups is 2. The van der Waals surface area contributed by atoms with Crippen molar-refractivity contribution in [1.29, 1.82) is 0 Å². The number of aryl methyl sites for hydroxylation is 1. The van der Waals surface area contributed by atoms with Crippen LogP contribution in [-0.4, -0.2) is 33.6 Å². The molecule has 0 aliphatic rings. The van der Waals surface area contributed by atoms with Crippen LogP contribution in [0.2, 0.25) is 0 Å². The molecule has 188 valence electrons. The lowest BCUT2D eigenvalue weighted by Gasteiger charge is -2.12. The Labute approximate surface area is 214 Å². The molecule has 0 fully saturated rings. The highest BCUT2D eigenvalue weighted by Crippen LogP contribution is 2.33. The molecule has 1 aromatic heterocycles. The molecule has 0 spiro atoms. The molecule has 4 rings (SSSR count). The summed E-state index contributed by atoms with van der Waals surface area (Å²) in [5.41, 5.74) is 3.06. The number of carboxylic acids is 1. The summed E-state index contributed by atoms with van der Waals surface area (Å²) in [7, 11) is 0. The first-order valence-electron chi connectivity index (χ1n) is 11.9. The van der Waals surface area contributed by atoms with Gasteiger partial charge < -0.3 is 19.9 Å². The van der Waals surface area contributed by atoms with Crippen molar-refractivity contribution in [3.8, 4) is 28.5 Å². The highest BCUT2D eigenvalue weighted by molar-refractivity contribution is 5.90. The lowest BCUT2D eigenvalue weighted by molar-refractivity contribution is -0.136. The number of benzene rings is 3. The average molecular weight is 498 g/mol. The van der Waals surface area contributed by atoms with Gasteiger partial charge in [0.1, 0.15) is 5.75 Å². The van der Waals surface area contributed by atoms with Gasteiger partial charge in [-0.2, -0.15) is 0 Å². The van der Waals surface area contributed by atoms with Crippen LogP contribution in [0.15, 0.2) is 85.2 Å². The first-order valence-corrected chi connectivity index (χ1v) is 11.9. The van der Waals surface area contributed by atoms with Gasteiger partial charge in [-0.15, -0.1) is 0 Å². The van der Waals surface area contributed by atoms with Crippen molar-refractivity contribution in [1.82, 2.24) is 9.97 Å². The lowest BCUT2D eigenvalue weighted by atomic mass is 10.1. The van der Waals surface area contributed by atoms with Crippen molar-refractivity contribution in [3.63, 3.8) is 0 Å². The van der Waals surface area contributed by atoms with E-state index in [4.69, 9.17) is 14.6 Å². The zero-order chi connectivity index (χ0) is 26.0. The molecule has 1 heterocycles. The number of rotatable bonds is 11. The van der Waals surface area contributed by atoms with Crippen molar-refractivity contribution >= 4 is 17.7 Å². The third-order valence-corrected chi connectivity index (χ3v) is 5.43. The highest BCUT2D eigenvalue weighted by Gasteiger charge is 2.10. The van der Waals surface area contributed by atoms with Gasteiger partial charge in [-0.25, -0.2) is 4.98 Å². The summed E-state index contributed by atoms with van der Waals surface area (Å²) in [6, 6.07) is 22.1. The van der Waals surface area contributed by atoms with Gasteiger partial charge >= 0.3 is 5.97 Å². The number of nitrogens with one attached hydrogen (secondary N) is 1. The molecule has 2 N–H and O–H groups in total. The van der Waals surface area contributed by atoms with Crippen LogP contribution in [0, 0.1) is 0 Å². The number of ether oxygens (including phenoxy) is 2. The summed E-state index contributed by atoms with van der Waals surface area (Å²) in [5, 5.41) is 11.7. The fourth-order valence-corrected chi connectivity index (χ4v) is 3.68. The largest absolute Gasteiger partial charge is 0.490 e. The Morgan fingerprint density at radius 1 is 0.919 bits per heavy atom. The van der Waals surface area contributed by atoms with E-state index in [1.165, 1.54) is 6.20 Å². The van der Waals surface area contributed by atoms with Crippen LogP contribution < -0.4 is 14.8 Å². The number of carboxylic acid groups (broad SMARTS) is 1. The van der Waals surface area contributed by atoms with Gasteiger partial charge in [0.2, 0.25) is 5.91 Å². The van der Waals surface area contributed by atoms with Gasteiger partial charge in [-0.3, -0.25) is 14.6 Å². The zero-order valence-corrected chi connectivity index (χ0v) is 20.4. The van der Waals surface area contributed by atoms with Crippen molar-refractivity contribution in [2.45, 2.75) is 26.2 Å². The molecular formula is C29H27N3O5. The monoisotopic (exact) mass is 497 g/mol. The second-order valence-corrected chi connectivity index (χ2v) is 8.23. The topological polar surface area (TPSA) is 111 Å². The molecule has 0 unspecified atom stereocenters. The van der Waals surface area contributed by atoms with Gasteiger partial charge in [-0.1, -0.05) is 48.5 Å². The number of para-hydroxylation sites is 2. The molecule has 4 aromatic rings. The van der Waals surface area contributed by atoms with Crippen LogP contribution in [-0.2, 0) is 22.4 Å². The van der Waals surface area contributed by atoms with Crippen LogP contribution in [0.1, 0.15) is 24.5 Å². The van der Waals surface area contributed by atoms with E-state index in [0.717, 1.165) is 16.7 Å². The fraction of sp³-hybridized carbons (Fsp3) is 0.172. The van der Waals surface area contributed by atoms with E-state index < -0.39 is 5.97 Å². The maximum Gasteiger partial charge on any atom is 0.307 e. The number of hydrogen-bond donors (Lipinski definition) is 2. The minimum absolute atomic E-state index is 0.0224. The highest BCUT2D eigenvalue weighted by atomic mass is 16.5. The predicted molar refractivity (Wildman–Crippen MR) is 140 cm³/mol. The van der Waals surface area contributed by atoms with Crippen LogP contribution >= 0.6 is 0 Å². The second kappa shape index (κ2) is 12.3. The molecule has 0 saturated carbocycles. The maximum atomic E-state index is 12.5. The van der Waals surface area contributed by atoms with Gasteiger partial charge in [0.05, 0.1) is 31.1 Å². The number of aromatic nitrogens is 2. The minimum atomic E-state index is -0.873. The summed E-state index contributed by atoms with van der Waals surface area (Å²) in [6.07, 6.45) is 3.88. The summed E-state index contributed by atoms with van der Waals surface area (Å²) in [5.74, 6) is 1.19. The molecular weight excluding hydrogens is 470 g/mol. The van der Waals surface area contributed by atoms with E-state index in [1.54, 1.807) is 18.3 Å². The summed E-state index contributed by atoms with van der Waals surface area (Å²) in [6.45, 7) is 2.45. The Morgan fingerprint density at radius 3 is 2.43 bits per heavy atom. The first-order chi connectivity index (χ1) is 18.0. The molecule has 1 amide bonds. The van der Waals surface area contributed by atoms with Gasteiger partial charge in [0, 0.05) is 12.0 Å². The smallest absolute Gasteiger partial charge is 0.307 e. The molecule has 0 aliphatic heterocycles. The van der Waals surface area contributed by atoms with E-state index in [9.17, 15) is 9.59 Å². The summed E-state index contributed by atoms with van der Waals surface area (Å²) >= 11 is 0. The van der Waals surface area contributed by atoms with Gasteiger partial charge in [0.25, 0.3) is 0 Å². The molecule has 37 heavy (non-hydrogen) atoms. The molecule has 8 heteroatoms. The van der Waals surface area contributed by atoms with Crippen molar-refractivity contribution in [2.24, 2.45) is 0 Å². The zero-order valence-electron chi connectivity index (χ0n) is 20.4. The third-order valence-electron chi connectivity index (χ3n) is 5.43. The van der Waals surface area contributed by atoms with E-state index in [2.05, 4.69) is 15.3 Å². The Bertz CT molecular complexity index is 1370. The lowest BCUT2D eigenvalue weighted by Crippen LogP contribution is -2.13. The quantitative estimate of drug-likeness (QED) is 0.280. The average Bonchev–Trinajstić information content (AvgIpc) is 2.90. The third kappa shape index (κ3) is 7.38. The van der Waals surface area contributed by atoms with Crippen LogP contribution in [0.3, 0.4) is 0 Å². The summed E-state index contributed by atoms with van der Waals surface area (Å²) in [4.78, 5) is 32.1. The Balaban J connectivity index is 1.38. The Hall–Kier alpha value is -4.72. The van der Waals surface area contributed by atoms with Crippen molar-refractivity contribution in [3.05, 3.63) is 96.3 Å². The summed E-state index contributed by atoms with van der Waals surface area (Å²) < 4.78 is 11.7. The Kier molecular flexibility index (Phi) is 8.44. The van der Waals surface area contributed by atoms with E-state index in [-0.39, 0.29) is 18.7 Å². The van der Waals surface area contributed by atoms with Crippen LogP contribution in [0.25, 0.3) is 11.3 Å². The number of aliphatic carboxylic acids is 1. The van der Waals surface area contributed by atoms with E-state index in [0.29, 0.717) is 41.8 Å². The minimum Gasteiger partial charge on any atom is -0.490 e. The molecule has 0 aliphatic carbocycles. The molecule has 3 aromatic carbocycles. The van der Waals surface area contributed by atoms with Gasteiger partial charge in [0.15, 0.2) is 17.3 Å². The standard InChI is InChI=1S/C29H27N3O5/c1-2-36-25-8-3-4-9-26(25)37-23-7-5-6-22(17-23)24-18-30-19-27(31-24)32-28(33)15-14-20-10-12-21(13-11-20)16-29(34)35/h3-13,17-19H,2,14-16H2,1H3,(H,34,35)(H,31,32,33). The molecule has 0 radical (unpaired) electrons. The van der Waals surface area contributed by atoms with Crippen LogP contribution in [0.4, 0.5) is 5.82 Å². The molecule has 0 saturated heterocycles. The van der Waals surface area contributed by atoms with E-state index in [1.807, 2.05) is 67.6 Å². The normalized spacial score (nSPS) is 10.5. The van der Waals surface area contributed by atoms with Crippen LogP contribution in [0.5, 0.6) is 17.2 Å². The molecule has 0 atom stereocenters. The first kappa shape index (κ1) is 25.4. The number of carbonyl (C=O) groups excluding carboxylic acids is 1. The SMILES string of the molecule is CCOc1ccccc1Oc1cccc(-c2cncc(NC(=O)CCc3ccc(CC(=O)O)cc3)n2)c1. The number of anilines is 1. The predicted octanol–water partition coefficient (Wildman–Crippen LogP) is 5.53. The fourth-order valence-electron chi connectivity index (χ4n) is 3.68. The van der Waals surface area contributed by atoms with Gasteiger partial charge in [-0.05, 0) is 48.7 Å². The molecule has 8 nitrogen and oxygen atoms in total. The molecule has 0 bridgehead atoms.